The van der Waals surface area contributed by atoms with Crippen molar-refractivity contribution in [3.05, 3.63) is 99.8 Å². The van der Waals surface area contributed by atoms with Crippen LogP contribution in [0.3, 0.4) is 0 Å². The summed E-state index contributed by atoms with van der Waals surface area (Å²) in [4.78, 5) is 29.0. The van der Waals surface area contributed by atoms with Crippen LogP contribution in [0, 0.1) is 11.7 Å². The predicted octanol–water partition coefficient (Wildman–Crippen LogP) is 6.09. The predicted molar refractivity (Wildman–Crippen MR) is 167 cm³/mol. The average Bonchev–Trinajstić information content (AvgIpc) is 2.93. The van der Waals surface area contributed by atoms with E-state index in [2.05, 4.69) is 5.32 Å². The Balaban J connectivity index is 1.92. The fourth-order valence-electron chi connectivity index (χ4n) is 4.44. The molecule has 0 spiro atoms. The molecular weight excluding hydrogens is 600 g/mol. The molecule has 3 aromatic carbocycles. The molecule has 0 aromatic heterocycles. The molecule has 226 valence electrons. The van der Waals surface area contributed by atoms with Crippen molar-refractivity contribution in [2.24, 2.45) is 5.92 Å². The number of carbonyl (C=O) groups excluding carboxylic acids is 2. The van der Waals surface area contributed by atoms with E-state index in [0.29, 0.717) is 27.8 Å². The van der Waals surface area contributed by atoms with Crippen LogP contribution < -0.4 is 9.62 Å². The molecule has 42 heavy (non-hydrogen) atoms. The maximum Gasteiger partial charge on any atom is 0.243 e. The number of hydrogen-bond donors (Lipinski definition) is 1. The summed E-state index contributed by atoms with van der Waals surface area (Å²) in [5, 5.41) is 3.68. The lowest BCUT2D eigenvalue weighted by atomic mass is 10.0. The van der Waals surface area contributed by atoms with E-state index < -0.39 is 21.9 Å². The van der Waals surface area contributed by atoms with Crippen LogP contribution in [-0.2, 0) is 32.6 Å². The van der Waals surface area contributed by atoms with E-state index in [1.807, 2.05) is 44.2 Å². The smallest absolute Gasteiger partial charge is 0.243 e. The number of nitrogens with zero attached hydrogens (tertiary/aromatic N) is 2. The molecule has 0 aliphatic heterocycles. The summed E-state index contributed by atoms with van der Waals surface area (Å²) in [6.07, 6.45) is 1.40. The van der Waals surface area contributed by atoms with Crippen LogP contribution in [0.15, 0.2) is 72.8 Å². The van der Waals surface area contributed by atoms with Crippen molar-refractivity contribution in [1.29, 1.82) is 0 Å². The summed E-state index contributed by atoms with van der Waals surface area (Å²) in [7, 11) is -3.71. The van der Waals surface area contributed by atoms with E-state index in [9.17, 15) is 22.4 Å². The highest BCUT2D eigenvalue weighted by Gasteiger charge is 2.31. The number of carbonyl (C=O) groups is 2. The molecule has 3 rings (SSSR count). The number of nitrogens with one attached hydrogen (secondary N) is 1. The Kier molecular flexibility index (Phi) is 12.2. The van der Waals surface area contributed by atoms with Crippen molar-refractivity contribution < 1.29 is 22.4 Å². The van der Waals surface area contributed by atoms with Gasteiger partial charge in [-0.05, 0) is 54.3 Å². The fourth-order valence-corrected chi connectivity index (χ4v) is 5.92. The lowest BCUT2D eigenvalue weighted by Crippen LogP contribution is -2.51. The van der Waals surface area contributed by atoms with Gasteiger partial charge in [0, 0.05) is 48.1 Å². The Morgan fingerprint density at radius 3 is 2.12 bits per heavy atom. The molecule has 0 saturated carbocycles. The highest BCUT2D eigenvalue weighted by Crippen LogP contribution is 2.28. The molecule has 1 N–H and O–H groups in total. The summed E-state index contributed by atoms with van der Waals surface area (Å²) in [6, 6.07) is 18.6. The number of amides is 2. The molecule has 11 heteroatoms. The lowest BCUT2D eigenvalue weighted by molar-refractivity contribution is -0.141. The Bertz CT molecular complexity index is 1430. The minimum Gasteiger partial charge on any atom is -0.354 e. The number of sulfonamides is 1. The van der Waals surface area contributed by atoms with Crippen molar-refractivity contribution in [1.82, 2.24) is 10.2 Å². The molecule has 0 heterocycles. The molecule has 7 nitrogen and oxygen atoms in total. The first-order valence-corrected chi connectivity index (χ1v) is 16.2. The maximum atomic E-state index is 13.9. The van der Waals surface area contributed by atoms with E-state index in [1.165, 1.54) is 29.2 Å². The Morgan fingerprint density at radius 2 is 1.55 bits per heavy atom. The second-order valence-electron chi connectivity index (χ2n) is 10.5. The van der Waals surface area contributed by atoms with E-state index >= 15 is 0 Å². The standard InChI is InChI=1S/C31H36Cl2FN3O4S/c1-22(2)20-35-31(39)29(19-23-9-5-4-6-10-23)36(21-26-27(32)11-7-12-28(26)33)30(38)13-8-18-37(42(3,40)41)25-16-14-24(34)15-17-25/h4-7,9-12,14-17,22,29H,8,13,18-21H2,1-3H3,(H,35,39)/t29-/m0/s1. The molecule has 0 aliphatic rings. The maximum absolute atomic E-state index is 13.9. The summed E-state index contributed by atoms with van der Waals surface area (Å²) in [6.45, 7) is 4.36. The number of benzene rings is 3. The molecule has 3 aromatic rings. The largest absolute Gasteiger partial charge is 0.354 e. The van der Waals surface area contributed by atoms with E-state index in [4.69, 9.17) is 23.2 Å². The van der Waals surface area contributed by atoms with Gasteiger partial charge in [0.25, 0.3) is 0 Å². The highest BCUT2D eigenvalue weighted by molar-refractivity contribution is 7.92. The lowest BCUT2D eigenvalue weighted by Gasteiger charge is -2.32. The topological polar surface area (TPSA) is 86.8 Å². The monoisotopic (exact) mass is 635 g/mol. The Hall–Kier alpha value is -3.14. The zero-order chi connectivity index (χ0) is 30.9. The van der Waals surface area contributed by atoms with Crippen LogP contribution in [-0.4, -0.2) is 50.5 Å². The van der Waals surface area contributed by atoms with E-state index in [-0.39, 0.29) is 50.1 Å². The third-order valence-corrected chi connectivity index (χ3v) is 8.51. The number of halogens is 3. The third kappa shape index (κ3) is 9.71. The number of hydrogen-bond acceptors (Lipinski definition) is 4. The van der Waals surface area contributed by atoms with Crippen LogP contribution >= 0.6 is 23.2 Å². The van der Waals surface area contributed by atoms with Crippen LogP contribution in [0.2, 0.25) is 10.0 Å². The number of rotatable bonds is 14. The molecule has 0 unspecified atom stereocenters. The first kappa shape index (κ1) is 33.4. The van der Waals surface area contributed by atoms with Crippen LogP contribution in [0.5, 0.6) is 0 Å². The van der Waals surface area contributed by atoms with Crippen molar-refractivity contribution in [3.63, 3.8) is 0 Å². The van der Waals surface area contributed by atoms with Crippen LogP contribution in [0.25, 0.3) is 0 Å². The second-order valence-corrected chi connectivity index (χ2v) is 13.2. The molecule has 0 bridgehead atoms. The van der Waals surface area contributed by atoms with Crippen molar-refractivity contribution in [2.45, 2.75) is 45.7 Å². The Morgan fingerprint density at radius 1 is 0.929 bits per heavy atom. The van der Waals surface area contributed by atoms with E-state index in [1.54, 1.807) is 18.2 Å². The van der Waals surface area contributed by atoms with Gasteiger partial charge in [-0.3, -0.25) is 13.9 Å². The van der Waals surface area contributed by atoms with Gasteiger partial charge in [0.15, 0.2) is 0 Å². The first-order valence-electron chi connectivity index (χ1n) is 13.6. The summed E-state index contributed by atoms with van der Waals surface area (Å²) >= 11 is 13.0. The third-order valence-electron chi connectivity index (χ3n) is 6.61. The molecular formula is C31H36Cl2FN3O4S. The molecule has 1 atom stereocenters. The van der Waals surface area contributed by atoms with Gasteiger partial charge in [-0.25, -0.2) is 12.8 Å². The minimum atomic E-state index is -3.71. The van der Waals surface area contributed by atoms with Gasteiger partial charge in [0.2, 0.25) is 21.8 Å². The van der Waals surface area contributed by atoms with Gasteiger partial charge >= 0.3 is 0 Å². The average molecular weight is 637 g/mol. The zero-order valence-corrected chi connectivity index (χ0v) is 26.2. The molecule has 0 fully saturated rings. The Labute approximate surface area is 257 Å². The molecule has 0 saturated heterocycles. The first-order chi connectivity index (χ1) is 19.9. The van der Waals surface area contributed by atoms with Gasteiger partial charge in [-0.1, -0.05) is 73.4 Å². The summed E-state index contributed by atoms with van der Waals surface area (Å²) < 4.78 is 39.6. The van der Waals surface area contributed by atoms with Gasteiger partial charge in [-0.2, -0.15) is 0 Å². The normalized spacial score (nSPS) is 12.2. The minimum absolute atomic E-state index is 0.0141. The van der Waals surface area contributed by atoms with Crippen LogP contribution in [0.1, 0.15) is 37.8 Å². The summed E-state index contributed by atoms with van der Waals surface area (Å²) in [5.41, 5.74) is 1.67. The van der Waals surface area contributed by atoms with Gasteiger partial charge in [-0.15, -0.1) is 0 Å². The highest BCUT2D eigenvalue weighted by atomic mass is 35.5. The van der Waals surface area contributed by atoms with Crippen LogP contribution in [0.4, 0.5) is 10.1 Å². The quantitative estimate of drug-likeness (QED) is 0.232. The fraction of sp³-hybridized carbons (Fsp3) is 0.355. The zero-order valence-electron chi connectivity index (χ0n) is 23.9. The summed E-state index contributed by atoms with van der Waals surface area (Å²) in [5.74, 6) is -0.967. The van der Waals surface area contributed by atoms with Crippen molar-refractivity contribution in [2.75, 3.05) is 23.7 Å². The van der Waals surface area contributed by atoms with Gasteiger partial charge in [0.05, 0.1) is 11.9 Å². The van der Waals surface area contributed by atoms with Crippen molar-refractivity contribution in [3.8, 4) is 0 Å². The number of anilines is 1. The SMILES string of the molecule is CC(C)CNC(=O)[C@H](Cc1ccccc1)N(Cc1c(Cl)cccc1Cl)C(=O)CCCN(c1ccc(F)cc1)S(C)(=O)=O. The van der Waals surface area contributed by atoms with Crippen molar-refractivity contribution >= 4 is 50.7 Å². The molecule has 0 aliphatic carbocycles. The molecule has 0 radical (unpaired) electrons. The second kappa shape index (κ2) is 15.4. The van der Waals surface area contributed by atoms with Gasteiger partial charge in [0.1, 0.15) is 11.9 Å². The molecule has 2 amide bonds. The van der Waals surface area contributed by atoms with E-state index in [0.717, 1.165) is 16.1 Å². The van der Waals surface area contributed by atoms with Gasteiger partial charge < -0.3 is 10.2 Å².